The Morgan fingerprint density at radius 1 is 1.26 bits per heavy atom. The van der Waals surface area contributed by atoms with Crippen molar-refractivity contribution in [3.8, 4) is 0 Å². The number of aliphatic hydroxyl groups excluding tert-OH is 1. The van der Waals surface area contributed by atoms with Crippen LogP contribution < -0.4 is 11.3 Å². The van der Waals surface area contributed by atoms with Crippen molar-refractivity contribution < 1.29 is 35.8 Å². The molecule has 31 heavy (non-hydrogen) atoms. The highest BCUT2D eigenvalue weighted by Gasteiger charge is 2.51. The third kappa shape index (κ3) is 4.73. The van der Waals surface area contributed by atoms with Crippen LogP contribution in [0.2, 0.25) is 0 Å². The summed E-state index contributed by atoms with van der Waals surface area (Å²) in [7, 11) is 0. The normalized spacial score (nSPS) is 14.2. The largest absolute Gasteiger partial charge is 0.434 e. The molecule has 0 aliphatic rings. The molecule has 0 spiro atoms. The Morgan fingerprint density at radius 3 is 2.35 bits per heavy atom. The molecule has 2 rings (SSSR count). The smallest absolute Gasteiger partial charge is 0.404 e. The van der Waals surface area contributed by atoms with Gasteiger partial charge < -0.3 is 15.4 Å². The number of imidazole rings is 1. The average molecular weight is 457 g/mol. The van der Waals surface area contributed by atoms with E-state index in [2.05, 4.69) is 9.98 Å². The van der Waals surface area contributed by atoms with E-state index < -0.39 is 59.3 Å². The number of aryl methyl sites for hydroxylation is 1. The van der Waals surface area contributed by atoms with Gasteiger partial charge in [0.2, 0.25) is 5.78 Å². The standard InChI is InChI=1S/C17H18F7N5O2/c1-9-7-29-13(31)11(10(5-25)6-26-8-16(20,21)15(2,18)19)12(17(22,23)24)27-14(29)28(9)3-4-30/h5-7,30H,3-4,8,25H2,1-2H3. The molecule has 0 bridgehead atoms. The molecule has 0 amide bonds. The summed E-state index contributed by atoms with van der Waals surface area (Å²) >= 11 is 0. The van der Waals surface area contributed by atoms with Crippen LogP contribution in [0.5, 0.6) is 0 Å². The summed E-state index contributed by atoms with van der Waals surface area (Å²) in [5.74, 6) is -9.43. The van der Waals surface area contributed by atoms with Crippen LogP contribution in [0.1, 0.15) is 23.9 Å². The predicted molar refractivity (Wildman–Crippen MR) is 97.4 cm³/mol. The number of allylic oxidation sites excluding steroid dienone is 1. The van der Waals surface area contributed by atoms with Crippen LogP contribution in [0.4, 0.5) is 30.7 Å². The van der Waals surface area contributed by atoms with Gasteiger partial charge >= 0.3 is 18.0 Å². The number of hydrogen-bond donors (Lipinski definition) is 2. The molecule has 172 valence electrons. The van der Waals surface area contributed by atoms with Gasteiger partial charge in [0.25, 0.3) is 5.56 Å². The minimum absolute atomic E-state index is 0.0342. The molecular weight excluding hydrogens is 439 g/mol. The van der Waals surface area contributed by atoms with Gasteiger partial charge in [0, 0.05) is 43.3 Å². The molecule has 0 aliphatic carbocycles. The van der Waals surface area contributed by atoms with E-state index in [1.54, 1.807) is 0 Å². The summed E-state index contributed by atoms with van der Waals surface area (Å²) in [5.41, 5.74) is 0.838. The SMILES string of the molecule is Cc1cn2c(=O)c(C(C=NCC(F)(F)C(C)(F)F)=CN)c(C(F)(F)F)nc2n1CCO. The zero-order valence-electron chi connectivity index (χ0n) is 16.2. The van der Waals surface area contributed by atoms with Gasteiger partial charge in [-0.05, 0) is 6.92 Å². The lowest BCUT2D eigenvalue weighted by molar-refractivity contribution is -0.190. The minimum Gasteiger partial charge on any atom is -0.404 e. The molecule has 2 heterocycles. The van der Waals surface area contributed by atoms with Crippen LogP contribution in [0.25, 0.3) is 11.4 Å². The number of nitrogens with zero attached hydrogens (tertiary/aromatic N) is 4. The Bertz CT molecular complexity index is 1080. The Labute approximate surface area is 170 Å². The average Bonchev–Trinajstić information content (AvgIpc) is 2.94. The topological polar surface area (TPSA) is 97.9 Å². The van der Waals surface area contributed by atoms with Crippen molar-refractivity contribution >= 4 is 17.6 Å². The van der Waals surface area contributed by atoms with Crippen molar-refractivity contribution in [3.63, 3.8) is 0 Å². The van der Waals surface area contributed by atoms with E-state index in [0.29, 0.717) is 18.1 Å². The first-order valence-corrected chi connectivity index (χ1v) is 8.64. The van der Waals surface area contributed by atoms with Crippen LogP contribution in [0, 0.1) is 6.92 Å². The molecule has 0 saturated carbocycles. The zero-order chi connectivity index (χ0) is 23.8. The van der Waals surface area contributed by atoms with Crippen LogP contribution in [-0.2, 0) is 12.7 Å². The van der Waals surface area contributed by atoms with Gasteiger partial charge in [-0.2, -0.15) is 22.0 Å². The number of aliphatic imine (C=N–C) groups is 1. The number of aromatic nitrogens is 3. The summed E-state index contributed by atoms with van der Waals surface area (Å²) in [5, 5.41) is 9.11. The van der Waals surface area contributed by atoms with Crippen molar-refractivity contribution in [2.45, 2.75) is 38.4 Å². The third-order valence-electron chi connectivity index (χ3n) is 4.30. The quantitative estimate of drug-likeness (QED) is 0.493. The molecule has 0 fully saturated rings. The van der Waals surface area contributed by atoms with Gasteiger partial charge in [0.05, 0.1) is 12.2 Å². The number of alkyl halides is 7. The highest BCUT2D eigenvalue weighted by molar-refractivity contribution is 6.10. The molecule has 0 radical (unpaired) electrons. The summed E-state index contributed by atoms with van der Waals surface area (Å²) < 4.78 is 95.4. The van der Waals surface area contributed by atoms with Crippen molar-refractivity contribution in [3.05, 3.63) is 39.7 Å². The molecule has 2 aromatic heterocycles. The van der Waals surface area contributed by atoms with E-state index in [0.717, 1.165) is 4.40 Å². The lowest BCUT2D eigenvalue weighted by Gasteiger charge is -2.20. The Hall–Kier alpha value is -2.90. The van der Waals surface area contributed by atoms with Gasteiger partial charge in [-0.25, -0.2) is 13.8 Å². The maximum absolute atomic E-state index is 13.6. The van der Waals surface area contributed by atoms with Crippen LogP contribution in [-0.4, -0.2) is 50.3 Å². The van der Waals surface area contributed by atoms with Crippen molar-refractivity contribution in [1.82, 2.24) is 14.0 Å². The van der Waals surface area contributed by atoms with Gasteiger partial charge in [-0.15, -0.1) is 0 Å². The fourth-order valence-corrected chi connectivity index (χ4v) is 2.67. The summed E-state index contributed by atoms with van der Waals surface area (Å²) in [6.45, 7) is -0.912. The summed E-state index contributed by atoms with van der Waals surface area (Å²) in [6.07, 6.45) is -3.10. The lowest BCUT2D eigenvalue weighted by Crippen LogP contribution is -2.40. The Morgan fingerprint density at radius 2 is 1.87 bits per heavy atom. The number of fused-ring (bicyclic) bond motifs is 1. The molecule has 0 saturated heterocycles. The predicted octanol–water partition coefficient (Wildman–Crippen LogP) is 2.48. The van der Waals surface area contributed by atoms with E-state index in [1.807, 2.05) is 0 Å². The lowest BCUT2D eigenvalue weighted by atomic mass is 10.1. The molecular formula is C17H18F7N5O2. The monoisotopic (exact) mass is 457 g/mol. The zero-order valence-corrected chi connectivity index (χ0v) is 16.2. The van der Waals surface area contributed by atoms with E-state index in [-0.39, 0.29) is 13.5 Å². The first-order valence-electron chi connectivity index (χ1n) is 8.64. The van der Waals surface area contributed by atoms with Crippen molar-refractivity contribution in [1.29, 1.82) is 0 Å². The second kappa shape index (κ2) is 8.32. The van der Waals surface area contributed by atoms with Crippen LogP contribution in [0.15, 0.2) is 22.2 Å². The van der Waals surface area contributed by atoms with Crippen LogP contribution in [0.3, 0.4) is 0 Å². The van der Waals surface area contributed by atoms with E-state index >= 15 is 0 Å². The minimum atomic E-state index is -5.16. The molecule has 0 aromatic carbocycles. The number of rotatable bonds is 7. The van der Waals surface area contributed by atoms with E-state index in [1.165, 1.54) is 17.7 Å². The second-order valence-electron chi connectivity index (χ2n) is 6.64. The Kier molecular flexibility index (Phi) is 6.54. The highest BCUT2D eigenvalue weighted by atomic mass is 19.4. The molecule has 2 aromatic rings. The number of hydrogen-bond acceptors (Lipinski definition) is 5. The first kappa shape index (κ1) is 24.4. The van der Waals surface area contributed by atoms with Crippen molar-refractivity contribution in [2.75, 3.05) is 13.2 Å². The fourth-order valence-electron chi connectivity index (χ4n) is 2.67. The summed E-state index contributed by atoms with van der Waals surface area (Å²) in [4.78, 5) is 19.4. The van der Waals surface area contributed by atoms with E-state index in [4.69, 9.17) is 10.8 Å². The van der Waals surface area contributed by atoms with E-state index in [9.17, 15) is 35.5 Å². The second-order valence-corrected chi connectivity index (χ2v) is 6.64. The first-order chi connectivity index (χ1) is 14.2. The molecule has 0 unspecified atom stereocenters. The van der Waals surface area contributed by atoms with Gasteiger partial charge in [-0.1, -0.05) is 0 Å². The molecule has 3 N–H and O–H groups in total. The molecule has 0 atom stereocenters. The maximum atomic E-state index is 13.6. The Balaban J connectivity index is 2.68. The third-order valence-corrected chi connectivity index (χ3v) is 4.30. The van der Waals surface area contributed by atoms with Gasteiger partial charge in [-0.3, -0.25) is 14.2 Å². The molecule has 14 heteroatoms. The fraction of sp³-hybridized carbons (Fsp3) is 0.471. The number of halogens is 7. The maximum Gasteiger partial charge on any atom is 0.434 e. The van der Waals surface area contributed by atoms with Gasteiger partial charge in [0.1, 0.15) is 6.54 Å². The van der Waals surface area contributed by atoms with Crippen molar-refractivity contribution in [2.24, 2.45) is 10.7 Å². The molecule has 7 nitrogen and oxygen atoms in total. The van der Waals surface area contributed by atoms with Crippen LogP contribution >= 0.6 is 0 Å². The molecule has 0 aliphatic heterocycles. The number of nitrogens with two attached hydrogens (primary N) is 1. The summed E-state index contributed by atoms with van der Waals surface area (Å²) in [6, 6.07) is 0. The number of aliphatic hydroxyl groups is 1. The van der Waals surface area contributed by atoms with Gasteiger partial charge in [0.15, 0.2) is 5.69 Å². The highest BCUT2D eigenvalue weighted by Crippen LogP contribution is 2.34.